The molecule has 0 aliphatic carbocycles. The largest absolute Gasteiger partial charge is 0.387 e. The first-order valence-corrected chi connectivity index (χ1v) is 4.83. The van der Waals surface area contributed by atoms with Gasteiger partial charge in [-0.05, 0) is 13.1 Å². The van der Waals surface area contributed by atoms with Crippen LogP contribution in [0.3, 0.4) is 0 Å². The average Bonchev–Trinajstić information content (AvgIpc) is 2.28. The number of aliphatic hydroxyl groups excluding tert-OH is 1. The average molecular weight is 203 g/mol. The van der Waals surface area contributed by atoms with Gasteiger partial charge in [0, 0.05) is 47.7 Å². The molecule has 0 fully saturated rings. The van der Waals surface area contributed by atoms with Gasteiger partial charge in [-0.15, -0.1) is 0 Å². The zero-order valence-electron chi connectivity index (χ0n) is 8.51. The molecular formula is C11H13N3O. The van der Waals surface area contributed by atoms with Crippen LogP contribution in [0.25, 0.3) is 10.8 Å². The molecule has 0 bridgehead atoms. The van der Waals surface area contributed by atoms with Crippen LogP contribution in [0.1, 0.15) is 11.7 Å². The fraction of sp³-hybridized carbons (Fsp3) is 0.273. The standard InChI is InChI=1S/C11H13N3O/c1-12-7-11(15)10-6-14-4-8-2-3-13-5-9(8)10/h2-6,11-12,15H,7H2,1H3. The summed E-state index contributed by atoms with van der Waals surface area (Å²) in [5.74, 6) is 0. The Morgan fingerprint density at radius 2 is 2.20 bits per heavy atom. The van der Waals surface area contributed by atoms with Crippen LogP contribution < -0.4 is 5.32 Å². The smallest absolute Gasteiger partial charge is 0.0935 e. The van der Waals surface area contributed by atoms with Crippen molar-refractivity contribution in [3.63, 3.8) is 0 Å². The number of aromatic nitrogens is 2. The lowest BCUT2D eigenvalue weighted by molar-refractivity contribution is 0.179. The van der Waals surface area contributed by atoms with Gasteiger partial charge in [-0.2, -0.15) is 0 Å². The van der Waals surface area contributed by atoms with Gasteiger partial charge in [0.25, 0.3) is 0 Å². The summed E-state index contributed by atoms with van der Waals surface area (Å²) < 4.78 is 0. The number of fused-ring (bicyclic) bond motifs is 1. The van der Waals surface area contributed by atoms with E-state index in [0.29, 0.717) is 6.54 Å². The summed E-state index contributed by atoms with van der Waals surface area (Å²) in [4.78, 5) is 8.16. The normalized spacial score (nSPS) is 12.9. The summed E-state index contributed by atoms with van der Waals surface area (Å²) >= 11 is 0. The Kier molecular flexibility index (Phi) is 2.89. The number of aliphatic hydroxyl groups is 1. The van der Waals surface area contributed by atoms with Gasteiger partial charge in [0.15, 0.2) is 0 Å². The Hall–Kier alpha value is -1.52. The van der Waals surface area contributed by atoms with Crippen molar-refractivity contribution >= 4 is 10.8 Å². The molecule has 0 aliphatic heterocycles. The van der Waals surface area contributed by atoms with Crippen LogP contribution >= 0.6 is 0 Å². The van der Waals surface area contributed by atoms with Crippen LogP contribution in [0.15, 0.2) is 30.9 Å². The Morgan fingerprint density at radius 1 is 1.33 bits per heavy atom. The second-order valence-corrected chi connectivity index (χ2v) is 3.40. The fourth-order valence-electron chi connectivity index (χ4n) is 1.60. The number of likely N-dealkylation sites (N-methyl/N-ethyl adjacent to an activating group) is 1. The van der Waals surface area contributed by atoms with Gasteiger partial charge in [0.05, 0.1) is 6.10 Å². The quantitative estimate of drug-likeness (QED) is 0.777. The van der Waals surface area contributed by atoms with E-state index in [-0.39, 0.29) is 0 Å². The molecule has 0 saturated carbocycles. The van der Waals surface area contributed by atoms with E-state index in [2.05, 4.69) is 15.3 Å². The zero-order valence-corrected chi connectivity index (χ0v) is 8.51. The molecule has 4 heteroatoms. The van der Waals surface area contributed by atoms with E-state index < -0.39 is 6.10 Å². The SMILES string of the molecule is CNCC(O)c1cncc2ccncc12. The second kappa shape index (κ2) is 4.33. The third kappa shape index (κ3) is 1.95. The van der Waals surface area contributed by atoms with Crippen LogP contribution in [-0.4, -0.2) is 28.7 Å². The maximum absolute atomic E-state index is 9.89. The van der Waals surface area contributed by atoms with Crippen molar-refractivity contribution in [2.45, 2.75) is 6.10 Å². The Labute approximate surface area is 88.0 Å². The lowest BCUT2D eigenvalue weighted by Crippen LogP contribution is -2.17. The molecule has 0 amide bonds. The topological polar surface area (TPSA) is 58.0 Å². The Morgan fingerprint density at radius 3 is 3.00 bits per heavy atom. The highest BCUT2D eigenvalue weighted by molar-refractivity contribution is 5.83. The first kappa shape index (κ1) is 10.0. The molecule has 0 spiro atoms. The molecule has 1 unspecified atom stereocenters. The van der Waals surface area contributed by atoms with E-state index in [9.17, 15) is 5.11 Å². The number of hydrogen-bond donors (Lipinski definition) is 2. The third-order valence-corrected chi connectivity index (χ3v) is 2.35. The summed E-state index contributed by atoms with van der Waals surface area (Å²) in [6.07, 6.45) is 6.39. The van der Waals surface area contributed by atoms with Crippen LogP contribution in [0.4, 0.5) is 0 Å². The van der Waals surface area contributed by atoms with Crippen LogP contribution in [-0.2, 0) is 0 Å². The van der Waals surface area contributed by atoms with Crippen molar-refractivity contribution in [1.82, 2.24) is 15.3 Å². The fourth-order valence-corrected chi connectivity index (χ4v) is 1.60. The summed E-state index contributed by atoms with van der Waals surface area (Å²) in [6, 6.07) is 1.89. The molecule has 0 saturated heterocycles. The van der Waals surface area contributed by atoms with Gasteiger partial charge >= 0.3 is 0 Å². The molecule has 2 aromatic heterocycles. The minimum absolute atomic E-state index is 0.510. The summed E-state index contributed by atoms with van der Waals surface area (Å²) in [6.45, 7) is 0.510. The van der Waals surface area contributed by atoms with Gasteiger partial charge in [-0.1, -0.05) is 0 Å². The number of nitrogens with one attached hydrogen (secondary N) is 1. The molecule has 0 radical (unpaired) electrons. The van der Waals surface area contributed by atoms with Gasteiger partial charge in [-0.25, -0.2) is 0 Å². The number of nitrogens with zero attached hydrogens (tertiary/aromatic N) is 2. The zero-order chi connectivity index (χ0) is 10.7. The van der Waals surface area contributed by atoms with E-state index in [1.165, 1.54) is 0 Å². The number of pyridine rings is 2. The molecule has 78 valence electrons. The van der Waals surface area contributed by atoms with Crippen molar-refractivity contribution in [2.75, 3.05) is 13.6 Å². The first-order chi connectivity index (χ1) is 7.33. The molecule has 2 rings (SSSR count). The lowest BCUT2D eigenvalue weighted by Gasteiger charge is -2.11. The minimum atomic E-state index is -0.546. The number of hydrogen-bond acceptors (Lipinski definition) is 4. The summed E-state index contributed by atoms with van der Waals surface area (Å²) in [7, 11) is 1.81. The van der Waals surface area contributed by atoms with Crippen molar-refractivity contribution in [3.05, 3.63) is 36.4 Å². The van der Waals surface area contributed by atoms with Gasteiger partial charge in [0.2, 0.25) is 0 Å². The van der Waals surface area contributed by atoms with E-state index in [4.69, 9.17) is 0 Å². The van der Waals surface area contributed by atoms with Crippen molar-refractivity contribution in [1.29, 1.82) is 0 Å². The Bertz CT molecular complexity index is 453. The van der Waals surface area contributed by atoms with E-state index in [1.54, 1.807) is 31.8 Å². The van der Waals surface area contributed by atoms with Crippen LogP contribution in [0.5, 0.6) is 0 Å². The van der Waals surface area contributed by atoms with Gasteiger partial charge in [-0.3, -0.25) is 9.97 Å². The second-order valence-electron chi connectivity index (χ2n) is 3.40. The molecular weight excluding hydrogens is 190 g/mol. The monoisotopic (exact) mass is 203 g/mol. The van der Waals surface area contributed by atoms with Crippen molar-refractivity contribution < 1.29 is 5.11 Å². The van der Waals surface area contributed by atoms with Gasteiger partial charge < -0.3 is 10.4 Å². The van der Waals surface area contributed by atoms with Gasteiger partial charge in [0.1, 0.15) is 0 Å². The maximum atomic E-state index is 9.89. The molecule has 15 heavy (non-hydrogen) atoms. The lowest BCUT2D eigenvalue weighted by atomic mass is 10.1. The highest BCUT2D eigenvalue weighted by Gasteiger charge is 2.10. The van der Waals surface area contributed by atoms with E-state index in [0.717, 1.165) is 16.3 Å². The summed E-state index contributed by atoms with van der Waals surface area (Å²) in [5, 5.41) is 14.8. The maximum Gasteiger partial charge on any atom is 0.0935 e. The van der Waals surface area contributed by atoms with E-state index in [1.807, 2.05) is 6.07 Å². The van der Waals surface area contributed by atoms with Crippen molar-refractivity contribution in [3.8, 4) is 0 Å². The Balaban J connectivity index is 2.50. The predicted octanol–water partition coefficient (Wildman–Crippen LogP) is 0.883. The molecule has 2 aromatic rings. The first-order valence-electron chi connectivity index (χ1n) is 4.83. The van der Waals surface area contributed by atoms with E-state index >= 15 is 0 Å². The van der Waals surface area contributed by atoms with Crippen LogP contribution in [0.2, 0.25) is 0 Å². The molecule has 2 heterocycles. The molecule has 2 N–H and O–H groups in total. The molecule has 1 atom stereocenters. The molecule has 0 aromatic carbocycles. The van der Waals surface area contributed by atoms with Crippen LogP contribution in [0, 0.1) is 0 Å². The van der Waals surface area contributed by atoms with Crippen molar-refractivity contribution in [2.24, 2.45) is 0 Å². The molecule has 4 nitrogen and oxygen atoms in total. The highest BCUT2D eigenvalue weighted by atomic mass is 16.3. The predicted molar refractivity (Wildman–Crippen MR) is 58.4 cm³/mol. The summed E-state index contributed by atoms with van der Waals surface area (Å²) in [5.41, 5.74) is 0.815. The molecule has 0 aliphatic rings. The minimum Gasteiger partial charge on any atom is -0.387 e. The highest BCUT2D eigenvalue weighted by Crippen LogP contribution is 2.21. The third-order valence-electron chi connectivity index (χ3n) is 2.35. The number of rotatable bonds is 3.